The molecule has 0 aliphatic carbocycles. The van der Waals surface area contributed by atoms with Crippen molar-refractivity contribution < 1.29 is 4.79 Å². The van der Waals surface area contributed by atoms with E-state index in [4.69, 9.17) is 0 Å². The van der Waals surface area contributed by atoms with Gasteiger partial charge in [0.05, 0.1) is 11.4 Å². The molecule has 0 bridgehead atoms. The number of carbonyl (C=O) groups excluding carboxylic acids is 1. The molecule has 2 aromatic rings. The number of nitrogens with zero attached hydrogens (tertiary/aromatic N) is 3. The number of hydrogen-bond acceptors (Lipinski definition) is 5. The van der Waals surface area contributed by atoms with Gasteiger partial charge in [0, 0.05) is 38.6 Å². The van der Waals surface area contributed by atoms with Gasteiger partial charge in [-0.25, -0.2) is 0 Å². The lowest BCUT2D eigenvalue weighted by Gasteiger charge is -2.38. The number of thioether (sulfide) groups is 1. The Hall–Kier alpha value is -1.89. The van der Waals surface area contributed by atoms with Gasteiger partial charge in [-0.2, -0.15) is 0 Å². The van der Waals surface area contributed by atoms with Gasteiger partial charge in [0.2, 0.25) is 5.91 Å². The molecule has 154 valence electrons. The first kappa shape index (κ1) is 20.4. The summed E-state index contributed by atoms with van der Waals surface area (Å²) < 4.78 is 0. The average Bonchev–Trinajstić information content (AvgIpc) is 2.80. The molecule has 2 unspecified atom stereocenters. The summed E-state index contributed by atoms with van der Waals surface area (Å²) in [6.45, 7) is 4.75. The fraction of sp³-hybridized carbons (Fsp3) is 0.478. The van der Waals surface area contributed by atoms with E-state index in [0.29, 0.717) is 0 Å². The summed E-state index contributed by atoms with van der Waals surface area (Å²) in [6, 6.07) is 14.6. The monoisotopic (exact) mass is 410 g/mol. The highest BCUT2D eigenvalue weighted by atomic mass is 32.2. The first-order valence-electron chi connectivity index (χ1n) is 10.6. The summed E-state index contributed by atoms with van der Waals surface area (Å²) in [7, 11) is 0. The molecule has 1 amide bonds. The molecule has 0 spiro atoms. The van der Waals surface area contributed by atoms with Crippen LogP contribution in [0.1, 0.15) is 29.3 Å². The zero-order chi connectivity index (χ0) is 19.9. The molecule has 1 N–H and O–H groups in total. The van der Waals surface area contributed by atoms with E-state index in [1.807, 2.05) is 24.0 Å². The third-order valence-electron chi connectivity index (χ3n) is 5.80. The number of nitrogens with one attached hydrogen (secondary N) is 1. The van der Waals surface area contributed by atoms with Gasteiger partial charge in [0.1, 0.15) is 0 Å². The van der Waals surface area contributed by atoms with Crippen LogP contribution < -0.4 is 5.32 Å². The third kappa shape index (κ3) is 5.59. The average molecular weight is 411 g/mol. The van der Waals surface area contributed by atoms with Crippen LogP contribution in [-0.4, -0.2) is 65.2 Å². The largest absolute Gasteiger partial charge is 0.339 e. The summed E-state index contributed by atoms with van der Waals surface area (Å²) in [6.07, 6.45) is 6.88. The van der Waals surface area contributed by atoms with Crippen molar-refractivity contribution >= 4 is 17.7 Å². The van der Waals surface area contributed by atoms with Crippen LogP contribution in [0, 0.1) is 0 Å². The van der Waals surface area contributed by atoms with Crippen molar-refractivity contribution in [2.75, 3.05) is 38.5 Å². The molecule has 2 aliphatic heterocycles. The lowest BCUT2D eigenvalue weighted by atomic mass is 10.1. The predicted octanol–water partition coefficient (Wildman–Crippen LogP) is 2.95. The van der Waals surface area contributed by atoms with Gasteiger partial charge in [0.15, 0.2) is 0 Å². The van der Waals surface area contributed by atoms with Crippen LogP contribution in [0.3, 0.4) is 0 Å². The smallest absolute Gasteiger partial charge is 0.239 e. The molecule has 4 rings (SSSR count). The molecule has 1 aromatic carbocycles. The Morgan fingerprint density at radius 2 is 1.93 bits per heavy atom. The van der Waals surface area contributed by atoms with Gasteiger partial charge in [-0.1, -0.05) is 36.4 Å². The second-order valence-corrected chi connectivity index (χ2v) is 9.01. The molecule has 6 heteroatoms. The zero-order valence-electron chi connectivity index (χ0n) is 16.9. The number of aromatic nitrogens is 1. The lowest BCUT2D eigenvalue weighted by molar-refractivity contribution is -0.135. The van der Waals surface area contributed by atoms with Crippen molar-refractivity contribution in [3.05, 3.63) is 66.0 Å². The summed E-state index contributed by atoms with van der Waals surface area (Å²) in [5.74, 6) is 1.27. The Bertz CT molecular complexity index is 765. The maximum absolute atomic E-state index is 13.1. The molecule has 2 saturated heterocycles. The quantitative estimate of drug-likeness (QED) is 0.793. The first-order valence-corrected chi connectivity index (χ1v) is 11.7. The second-order valence-electron chi connectivity index (χ2n) is 7.80. The minimum absolute atomic E-state index is 0.0777. The molecule has 1 aromatic heterocycles. The maximum Gasteiger partial charge on any atom is 0.239 e. The maximum atomic E-state index is 13.1. The number of amides is 1. The van der Waals surface area contributed by atoms with Gasteiger partial charge < -0.3 is 4.90 Å². The van der Waals surface area contributed by atoms with E-state index in [0.717, 1.165) is 56.9 Å². The van der Waals surface area contributed by atoms with Gasteiger partial charge in [0.25, 0.3) is 0 Å². The topological polar surface area (TPSA) is 48.5 Å². The Balaban J connectivity index is 1.21. The molecular formula is C23H30N4OS. The minimum Gasteiger partial charge on any atom is -0.339 e. The number of carbonyl (C=O) groups is 1. The van der Waals surface area contributed by atoms with E-state index in [1.54, 1.807) is 6.20 Å². The number of rotatable bonds is 6. The molecule has 3 heterocycles. The van der Waals surface area contributed by atoms with E-state index in [2.05, 4.69) is 56.5 Å². The predicted molar refractivity (Wildman–Crippen MR) is 119 cm³/mol. The van der Waals surface area contributed by atoms with Crippen LogP contribution in [0.15, 0.2) is 54.9 Å². The number of hydrogen-bond donors (Lipinski definition) is 1. The molecule has 0 radical (unpaired) electrons. The van der Waals surface area contributed by atoms with Crippen LogP contribution >= 0.6 is 11.8 Å². The Labute approximate surface area is 177 Å². The van der Waals surface area contributed by atoms with E-state index in [1.165, 1.54) is 12.0 Å². The van der Waals surface area contributed by atoms with Crippen molar-refractivity contribution in [1.82, 2.24) is 20.1 Å². The first-order chi connectivity index (χ1) is 14.3. The highest BCUT2D eigenvalue weighted by molar-refractivity contribution is 7.99. The van der Waals surface area contributed by atoms with Crippen LogP contribution in [0.4, 0.5) is 0 Å². The number of pyridine rings is 1. The number of benzene rings is 1. The van der Waals surface area contributed by atoms with Crippen molar-refractivity contribution in [2.45, 2.75) is 30.7 Å². The van der Waals surface area contributed by atoms with Crippen molar-refractivity contribution in [3.63, 3.8) is 0 Å². The van der Waals surface area contributed by atoms with E-state index in [-0.39, 0.29) is 17.3 Å². The summed E-state index contributed by atoms with van der Waals surface area (Å²) in [5, 5.41) is 3.71. The SMILES string of the molecule is O=C(C1CCSC(c2cccnc2)N1)N1CCN(CCCc2ccccc2)CC1. The van der Waals surface area contributed by atoms with Crippen molar-refractivity contribution in [1.29, 1.82) is 0 Å². The normalized spacial score (nSPS) is 23.1. The second kappa shape index (κ2) is 10.2. The number of piperazine rings is 1. The van der Waals surface area contributed by atoms with Gasteiger partial charge in [-0.15, -0.1) is 11.8 Å². The van der Waals surface area contributed by atoms with Crippen LogP contribution in [0.25, 0.3) is 0 Å². The van der Waals surface area contributed by atoms with Crippen molar-refractivity contribution in [3.8, 4) is 0 Å². The van der Waals surface area contributed by atoms with E-state index >= 15 is 0 Å². The molecule has 0 saturated carbocycles. The molecule has 2 fully saturated rings. The molecule has 2 atom stereocenters. The van der Waals surface area contributed by atoms with Gasteiger partial charge in [-0.3, -0.25) is 20.0 Å². The summed E-state index contributed by atoms with van der Waals surface area (Å²) in [5.41, 5.74) is 2.56. The van der Waals surface area contributed by atoms with Crippen LogP contribution in [-0.2, 0) is 11.2 Å². The van der Waals surface area contributed by atoms with E-state index < -0.39 is 0 Å². The third-order valence-corrected chi connectivity index (χ3v) is 7.01. The molecule has 5 nitrogen and oxygen atoms in total. The standard InChI is InChI=1S/C23H30N4OS/c28-23(21-10-17-29-22(25-21)20-9-4-11-24-18-20)27-15-13-26(14-16-27)12-5-8-19-6-2-1-3-7-19/h1-4,6-7,9,11,18,21-22,25H,5,8,10,12-17H2. The summed E-state index contributed by atoms with van der Waals surface area (Å²) >= 11 is 1.86. The highest BCUT2D eigenvalue weighted by Gasteiger charge is 2.32. The molecule has 2 aliphatic rings. The van der Waals surface area contributed by atoms with Gasteiger partial charge in [-0.05, 0) is 48.8 Å². The van der Waals surface area contributed by atoms with Crippen LogP contribution in [0.5, 0.6) is 0 Å². The van der Waals surface area contributed by atoms with Crippen LogP contribution in [0.2, 0.25) is 0 Å². The Morgan fingerprint density at radius 3 is 2.69 bits per heavy atom. The van der Waals surface area contributed by atoms with E-state index in [9.17, 15) is 4.79 Å². The zero-order valence-corrected chi connectivity index (χ0v) is 17.7. The minimum atomic E-state index is -0.0777. The van der Waals surface area contributed by atoms with Crippen molar-refractivity contribution in [2.24, 2.45) is 0 Å². The van der Waals surface area contributed by atoms with Gasteiger partial charge >= 0.3 is 0 Å². The fourth-order valence-electron chi connectivity index (χ4n) is 4.10. The fourth-order valence-corrected chi connectivity index (χ4v) is 5.30. The highest BCUT2D eigenvalue weighted by Crippen LogP contribution is 2.31. The molecule has 29 heavy (non-hydrogen) atoms. The number of aryl methyl sites for hydroxylation is 1. The summed E-state index contributed by atoms with van der Waals surface area (Å²) in [4.78, 5) is 21.8. The Morgan fingerprint density at radius 1 is 1.10 bits per heavy atom. The molecular weight excluding hydrogens is 380 g/mol. The lowest BCUT2D eigenvalue weighted by Crippen LogP contribution is -2.55. The Kier molecular flexibility index (Phi) is 7.19.